The molecular formula is C25H44N2O2. The number of morpholine rings is 1. The first-order chi connectivity index (χ1) is 14.2. The molecule has 1 aromatic rings. The maximum Gasteiger partial charge on any atom is 0.119 e. The van der Waals surface area contributed by atoms with Crippen molar-refractivity contribution in [3.8, 4) is 5.75 Å². The van der Waals surface area contributed by atoms with Gasteiger partial charge in [-0.25, -0.2) is 0 Å². The van der Waals surface area contributed by atoms with Crippen molar-refractivity contribution >= 4 is 0 Å². The molecular weight excluding hydrogens is 360 g/mol. The molecule has 1 heterocycles. The zero-order valence-electron chi connectivity index (χ0n) is 19.1. The van der Waals surface area contributed by atoms with Crippen LogP contribution in [0, 0.1) is 0 Å². The minimum Gasteiger partial charge on any atom is -0.494 e. The van der Waals surface area contributed by atoms with Crippen LogP contribution < -0.4 is 10.1 Å². The fourth-order valence-electron chi connectivity index (χ4n) is 3.95. The van der Waals surface area contributed by atoms with Crippen molar-refractivity contribution < 1.29 is 9.47 Å². The van der Waals surface area contributed by atoms with Crippen molar-refractivity contribution in [2.24, 2.45) is 0 Å². The first-order valence-electron chi connectivity index (χ1n) is 12.0. The molecule has 0 bridgehead atoms. The van der Waals surface area contributed by atoms with E-state index in [-0.39, 0.29) is 0 Å². The van der Waals surface area contributed by atoms with Gasteiger partial charge < -0.3 is 9.47 Å². The molecule has 1 fully saturated rings. The van der Waals surface area contributed by atoms with Gasteiger partial charge in [-0.05, 0) is 50.8 Å². The lowest BCUT2D eigenvalue weighted by Gasteiger charge is -2.34. The molecule has 1 N–H and O–H groups in total. The second kappa shape index (κ2) is 14.8. The second-order valence-corrected chi connectivity index (χ2v) is 8.54. The zero-order valence-corrected chi connectivity index (χ0v) is 19.1. The third kappa shape index (κ3) is 10.5. The van der Waals surface area contributed by atoms with E-state index in [0.29, 0.717) is 12.2 Å². The van der Waals surface area contributed by atoms with Crippen LogP contribution >= 0.6 is 0 Å². The van der Waals surface area contributed by atoms with E-state index in [0.717, 1.165) is 51.5 Å². The summed E-state index contributed by atoms with van der Waals surface area (Å²) in [5.41, 5.74) is 1.39. The van der Waals surface area contributed by atoms with Crippen molar-refractivity contribution in [1.82, 2.24) is 10.2 Å². The minimum atomic E-state index is 0.413. The van der Waals surface area contributed by atoms with E-state index in [2.05, 4.69) is 55.3 Å². The fourth-order valence-corrected chi connectivity index (χ4v) is 3.95. The molecule has 0 spiro atoms. The number of nitrogens with zero attached hydrogens (tertiary/aromatic N) is 1. The third-order valence-corrected chi connectivity index (χ3v) is 5.93. The number of rotatable bonds is 15. The Hall–Kier alpha value is -1.10. The van der Waals surface area contributed by atoms with Crippen LogP contribution in [0.3, 0.4) is 0 Å². The maximum atomic E-state index is 5.91. The Morgan fingerprint density at radius 1 is 0.966 bits per heavy atom. The van der Waals surface area contributed by atoms with E-state index in [4.69, 9.17) is 9.47 Å². The van der Waals surface area contributed by atoms with Gasteiger partial charge in [0.05, 0.1) is 26.0 Å². The summed E-state index contributed by atoms with van der Waals surface area (Å²) in [6.07, 6.45) is 11.9. The fraction of sp³-hybridized carbons (Fsp3) is 0.760. The zero-order chi connectivity index (χ0) is 20.7. The third-order valence-electron chi connectivity index (χ3n) is 5.93. The predicted octanol–water partition coefficient (Wildman–Crippen LogP) is 5.40. The number of hydrogen-bond acceptors (Lipinski definition) is 4. The van der Waals surface area contributed by atoms with Gasteiger partial charge in [0.15, 0.2) is 0 Å². The SMILES string of the molecule is CCCCCCCCCOc1ccc(CCC(C)NC(C)N2CCOCC2)cc1. The van der Waals surface area contributed by atoms with Gasteiger partial charge in [0.2, 0.25) is 0 Å². The number of benzene rings is 1. The Bertz CT molecular complexity index is 514. The van der Waals surface area contributed by atoms with Crippen LogP contribution in [0.4, 0.5) is 0 Å². The molecule has 166 valence electrons. The van der Waals surface area contributed by atoms with Gasteiger partial charge in [0.25, 0.3) is 0 Å². The highest BCUT2D eigenvalue weighted by molar-refractivity contribution is 5.27. The summed E-state index contributed by atoms with van der Waals surface area (Å²) in [6, 6.07) is 9.20. The summed E-state index contributed by atoms with van der Waals surface area (Å²) < 4.78 is 11.4. The molecule has 4 nitrogen and oxygen atoms in total. The van der Waals surface area contributed by atoms with Crippen LogP contribution in [-0.4, -0.2) is 50.0 Å². The summed E-state index contributed by atoms with van der Waals surface area (Å²) in [5, 5.41) is 3.73. The lowest BCUT2D eigenvalue weighted by atomic mass is 10.1. The first-order valence-corrected chi connectivity index (χ1v) is 12.0. The topological polar surface area (TPSA) is 33.7 Å². The summed E-state index contributed by atoms with van der Waals surface area (Å²) in [4.78, 5) is 2.47. The average molecular weight is 405 g/mol. The lowest BCUT2D eigenvalue weighted by molar-refractivity contribution is 0.0107. The second-order valence-electron chi connectivity index (χ2n) is 8.54. The minimum absolute atomic E-state index is 0.413. The van der Waals surface area contributed by atoms with E-state index < -0.39 is 0 Å². The van der Waals surface area contributed by atoms with Crippen molar-refractivity contribution in [3.05, 3.63) is 29.8 Å². The van der Waals surface area contributed by atoms with Crippen LogP contribution in [0.1, 0.15) is 77.7 Å². The van der Waals surface area contributed by atoms with E-state index in [1.807, 2.05) is 0 Å². The van der Waals surface area contributed by atoms with Crippen molar-refractivity contribution in [3.63, 3.8) is 0 Å². The van der Waals surface area contributed by atoms with E-state index in [1.165, 1.54) is 50.5 Å². The Kier molecular flexibility index (Phi) is 12.3. The average Bonchev–Trinajstić information content (AvgIpc) is 2.75. The molecule has 0 aromatic heterocycles. The van der Waals surface area contributed by atoms with Crippen LogP contribution in [0.2, 0.25) is 0 Å². The van der Waals surface area contributed by atoms with Gasteiger partial charge in [-0.3, -0.25) is 10.2 Å². The molecule has 2 atom stereocenters. The first kappa shape index (κ1) is 24.2. The highest BCUT2D eigenvalue weighted by Crippen LogP contribution is 2.15. The number of hydrogen-bond donors (Lipinski definition) is 1. The molecule has 0 radical (unpaired) electrons. The van der Waals surface area contributed by atoms with Gasteiger partial charge in [-0.15, -0.1) is 0 Å². The van der Waals surface area contributed by atoms with Crippen LogP contribution in [0.5, 0.6) is 5.75 Å². The molecule has 0 amide bonds. The Labute approximate surface area is 179 Å². The summed E-state index contributed by atoms with van der Waals surface area (Å²) in [5.74, 6) is 1.01. The number of nitrogens with one attached hydrogen (secondary N) is 1. The van der Waals surface area contributed by atoms with E-state index in [9.17, 15) is 0 Å². The Morgan fingerprint density at radius 2 is 1.62 bits per heavy atom. The number of unbranched alkanes of at least 4 members (excludes halogenated alkanes) is 6. The highest BCUT2D eigenvalue weighted by Gasteiger charge is 2.18. The van der Waals surface area contributed by atoms with Gasteiger partial charge >= 0.3 is 0 Å². The largest absolute Gasteiger partial charge is 0.494 e. The molecule has 1 aliphatic heterocycles. The lowest BCUT2D eigenvalue weighted by Crippen LogP contribution is -2.51. The molecule has 0 saturated carbocycles. The maximum absolute atomic E-state index is 5.91. The Balaban J connectivity index is 1.56. The molecule has 4 heteroatoms. The molecule has 29 heavy (non-hydrogen) atoms. The standard InChI is InChI=1S/C25H44N2O2/c1-4-5-6-7-8-9-10-19-29-25-15-13-24(14-16-25)12-11-22(2)26-23(3)27-17-20-28-21-18-27/h13-16,22-23,26H,4-12,17-21H2,1-3H3. The molecule has 0 aliphatic carbocycles. The Morgan fingerprint density at radius 3 is 2.31 bits per heavy atom. The summed E-state index contributed by atoms with van der Waals surface area (Å²) >= 11 is 0. The van der Waals surface area contributed by atoms with Crippen molar-refractivity contribution in [2.75, 3.05) is 32.9 Å². The van der Waals surface area contributed by atoms with E-state index >= 15 is 0 Å². The predicted molar refractivity (Wildman–Crippen MR) is 123 cm³/mol. The number of aryl methyl sites for hydroxylation is 1. The van der Waals surface area contributed by atoms with Gasteiger partial charge in [0, 0.05) is 19.1 Å². The molecule has 2 rings (SSSR count). The molecule has 1 saturated heterocycles. The van der Waals surface area contributed by atoms with Crippen molar-refractivity contribution in [1.29, 1.82) is 0 Å². The summed E-state index contributed by atoms with van der Waals surface area (Å²) in [7, 11) is 0. The smallest absolute Gasteiger partial charge is 0.119 e. The summed E-state index contributed by atoms with van der Waals surface area (Å²) in [6.45, 7) is 11.4. The quantitative estimate of drug-likeness (QED) is 0.397. The van der Waals surface area contributed by atoms with Crippen LogP contribution in [-0.2, 0) is 11.2 Å². The molecule has 1 aromatic carbocycles. The van der Waals surface area contributed by atoms with Crippen LogP contribution in [0.25, 0.3) is 0 Å². The van der Waals surface area contributed by atoms with Gasteiger partial charge in [0.1, 0.15) is 5.75 Å². The normalized spacial score (nSPS) is 17.2. The van der Waals surface area contributed by atoms with Gasteiger partial charge in [-0.1, -0.05) is 57.6 Å². The van der Waals surface area contributed by atoms with Crippen molar-refractivity contribution in [2.45, 2.75) is 90.8 Å². The monoisotopic (exact) mass is 404 g/mol. The highest BCUT2D eigenvalue weighted by atomic mass is 16.5. The molecule has 1 aliphatic rings. The van der Waals surface area contributed by atoms with Gasteiger partial charge in [-0.2, -0.15) is 0 Å². The van der Waals surface area contributed by atoms with E-state index in [1.54, 1.807) is 0 Å². The number of ether oxygens (including phenoxy) is 2. The molecule has 2 unspecified atom stereocenters. The van der Waals surface area contributed by atoms with Crippen LogP contribution in [0.15, 0.2) is 24.3 Å².